The molecule has 0 bridgehead atoms. The Morgan fingerprint density at radius 1 is 1.28 bits per heavy atom. The Labute approximate surface area is 174 Å². The van der Waals surface area contributed by atoms with Crippen LogP contribution in [0.4, 0.5) is 17.6 Å². The fourth-order valence-electron chi connectivity index (χ4n) is 2.49. The van der Waals surface area contributed by atoms with Gasteiger partial charge in [-0.1, -0.05) is 29.2 Å². The van der Waals surface area contributed by atoms with Gasteiger partial charge in [-0.25, -0.2) is 12.8 Å². The van der Waals surface area contributed by atoms with Gasteiger partial charge in [0.2, 0.25) is 5.91 Å². The summed E-state index contributed by atoms with van der Waals surface area (Å²) in [7, 11) is 0.916. The number of halogens is 5. The molecule has 0 unspecified atom stereocenters. The number of hydrogen-bond donors (Lipinski definition) is 1. The molecule has 0 aliphatic carbocycles. The molecule has 2 aromatic rings. The van der Waals surface area contributed by atoms with Crippen LogP contribution in [0.2, 0.25) is 4.34 Å². The summed E-state index contributed by atoms with van der Waals surface area (Å²) in [5.41, 5.74) is 5.10. The SMILES string of the molecule is [B]c1ccc(CN([C@H](CCC(F)(F)F)C(N)=O)S(=O)(=O)c2ccc(Cl)s2)cc1F. The Bertz CT molecular complexity index is 998. The van der Waals surface area contributed by atoms with Gasteiger partial charge in [-0.3, -0.25) is 4.79 Å². The topological polar surface area (TPSA) is 80.5 Å². The Morgan fingerprint density at radius 3 is 2.41 bits per heavy atom. The number of nitrogens with zero attached hydrogens (tertiary/aromatic N) is 1. The molecule has 13 heteroatoms. The van der Waals surface area contributed by atoms with Crippen LogP contribution < -0.4 is 11.2 Å². The molecule has 2 N–H and O–H groups in total. The minimum atomic E-state index is -4.64. The molecular weight excluding hydrogens is 455 g/mol. The molecule has 1 aromatic carbocycles. The largest absolute Gasteiger partial charge is 0.389 e. The highest BCUT2D eigenvalue weighted by Gasteiger charge is 2.38. The van der Waals surface area contributed by atoms with Crippen molar-refractivity contribution in [3.8, 4) is 0 Å². The maximum atomic E-state index is 13.8. The number of nitrogens with two attached hydrogens (primary N) is 1. The van der Waals surface area contributed by atoms with Crippen LogP contribution in [0.15, 0.2) is 34.5 Å². The maximum absolute atomic E-state index is 13.8. The zero-order valence-corrected chi connectivity index (χ0v) is 17.0. The lowest BCUT2D eigenvalue weighted by molar-refractivity contribution is -0.140. The summed E-state index contributed by atoms with van der Waals surface area (Å²) in [5.74, 6) is -2.11. The first kappa shape index (κ1) is 23.7. The number of sulfonamides is 1. The second-order valence-electron chi connectivity index (χ2n) is 6.04. The van der Waals surface area contributed by atoms with Crippen molar-refractivity contribution < 1.29 is 30.8 Å². The lowest BCUT2D eigenvalue weighted by Crippen LogP contribution is -2.47. The number of amides is 1. The molecule has 29 heavy (non-hydrogen) atoms. The van der Waals surface area contributed by atoms with E-state index in [1.165, 1.54) is 18.2 Å². The van der Waals surface area contributed by atoms with Crippen molar-refractivity contribution in [1.82, 2.24) is 4.31 Å². The highest BCUT2D eigenvalue weighted by atomic mass is 35.5. The number of alkyl halides is 3. The van der Waals surface area contributed by atoms with Crippen molar-refractivity contribution in [3.63, 3.8) is 0 Å². The van der Waals surface area contributed by atoms with Gasteiger partial charge in [0.25, 0.3) is 10.0 Å². The minimum Gasteiger partial charge on any atom is -0.368 e. The predicted octanol–water partition coefficient (Wildman–Crippen LogP) is 2.72. The third-order valence-electron chi connectivity index (χ3n) is 3.89. The van der Waals surface area contributed by atoms with E-state index >= 15 is 0 Å². The number of carbonyl (C=O) groups is 1. The number of thiophene rings is 1. The monoisotopic (exact) mass is 468 g/mol. The quantitative estimate of drug-likeness (QED) is 0.478. The Morgan fingerprint density at radius 2 is 1.93 bits per heavy atom. The van der Waals surface area contributed by atoms with E-state index in [1.807, 2.05) is 0 Å². The smallest absolute Gasteiger partial charge is 0.368 e. The first-order valence-corrected chi connectivity index (χ1v) is 10.6. The van der Waals surface area contributed by atoms with E-state index < -0.39 is 53.4 Å². The van der Waals surface area contributed by atoms with Crippen molar-refractivity contribution in [2.45, 2.75) is 35.8 Å². The maximum Gasteiger partial charge on any atom is 0.389 e. The number of primary amides is 1. The standard InChI is InChI=1S/C16H14BClF4N2O3S2/c17-10-2-1-9(7-11(10)19)8-24(12(15(23)25)5-6-16(20,21)22)29(26,27)14-4-3-13(18)28-14/h1-4,7,12H,5-6,8H2,(H2,23,25)/t12-/m1/s1. The lowest BCUT2D eigenvalue weighted by atomic mass is 9.94. The highest BCUT2D eigenvalue weighted by molar-refractivity contribution is 7.91. The second kappa shape index (κ2) is 9.03. The van der Waals surface area contributed by atoms with Gasteiger partial charge < -0.3 is 5.73 Å². The molecule has 0 spiro atoms. The summed E-state index contributed by atoms with van der Waals surface area (Å²) in [6, 6.07) is 4.02. The number of benzene rings is 1. The predicted molar refractivity (Wildman–Crippen MR) is 102 cm³/mol. The van der Waals surface area contributed by atoms with Crippen molar-refractivity contribution in [1.29, 1.82) is 0 Å². The third kappa shape index (κ3) is 6.18. The molecule has 1 heterocycles. The second-order valence-corrected chi connectivity index (χ2v) is 9.87. The van der Waals surface area contributed by atoms with Crippen LogP contribution in [-0.2, 0) is 21.4 Å². The van der Waals surface area contributed by atoms with Gasteiger partial charge in [-0.15, -0.1) is 11.3 Å². The molecule has 2 radical (unpaired) electrons. The highest BCUT2D eigenvalue weighted by Crippen LogP contribution is 2.32. The molecule has 0 saturated heterocycles. The molecule has 1 amide bonds. The first-order valence-electron chi connectivity index (χ1n) is 7.98. The number of rotatable bonds is 8. The van der Waals surface area contributed by atoms with Crippen molar-refractivity contribution in [2.24, 2.45) is 5.73 Å². The molecule has 0 fully saturated rings. The van der Waals surface area contributed by atoms with Crippen LogP contribution >= 0.6 is 22.9 Å². The van der Waals surface area contributed by atoms with Crippen LogP contribution in [0.25, 0.3) is 0 Å². The summed E-state index contributed by atoms with van der Waals surface area (Å²) in [6.45, 7) is -0.597. The molecule has 156 valence electrons. The summed E-state index contributed by atoms with van der Waals surface area (Å²) in [6.07, 6.45) is -6.97. The molecular formula is C16H14BClF4N2O3S2. The summed E-state index contributed by atoms with van der Waals surface area (Å²) in [5, 5.41) is 0. The Balaban J connectivity index is 2.50. The third-order valence-corrected chi connectivity index (χ3v) is 7.45. The molecule has 5 nitrogen and oxygen atoms in total. The fourth-order valence-corrected chi connectivity index (χ4v) is 5.72. The van der Waals surface area contributed by atoms with E-state index in [0.29, 0.717) is 15.6 Å². The van der Waals surface area contributed by atoms with Crippen molar-refractivity contribution in [2.75, 3.05) is 0 Å². The zero-order chi connectivity index (χ0) is 22.0. The lowest BCUT2D eigenvalue weighted by Gasteiger charge is -2.29. The van der Waals surface area contributed by atoms with E-state index in [4.69, 9.17) is 25.2 Å². The van der Waals surface area contributed by atoms with Gasteiger partial charge in [-0.05, 0) is 30.2 Å². The van der Waals surface area contributed by atoms with Crippen molar-refractivity contribution in [3.05, 3.63) is 46.0 Å². The molecule has 1 aromatic heterocycles. The average molecular weight is 469 g/mol. The van der Waals surface area contributed by atoms with Gasteiger partial charge in [0, 0.05) is 13.0 Å². The van der Waals surface area contributed by atoms with Crippen LogP contribution in [0.3, 0.4) is 0 Å². The number of carbonyl (C=O) groups excluding carboxylic acids is 1. The molecule has 2 rings (SSSR count). The van der Waals surface area contributed by atoms with E-state index in [2.05, 4.69) is 0 Å². The zero-order valence-electron chi connectivity index (χ0n) is 14.6. The van der Waals surface area contributed by atoms with Crippen LogP contribution in [-0.4, -0.2) is 38.7 Å². The van der Waals surface area contributed by atoms with E-state index in [-0.39, 0.29) is 19.6 Å². The van der Waals surface area contributed by atoms with Gasteiger partial charge in [0.1, 0.15) is 23.9 Å². The molecule has 0 aliphatic rings. The van der Waals surface area contributed by atoms with Gasteiger partial charge in [0.05, 0.1) is 4.34 Å². The summed E-state index contributed by atoms with van der Waals surface area (Å²) in [4.78, 5) is 11.9. The normalized spacial score (nSPS) is 13.6. The molecule has 0 aliphatic heterocycles. The molecule has 0 saturated carbocycles. The fraction of sp³-hybridized carbons (Fsp3) is 0.312. The van der Waals surface area contributed by atoms with Gasteiger partial charge >= 0.3 is 6.18 Å². The van der Waals surface area contributed by atoms with E-state index in [0.717, 1.165) is 12.1 Å². The summed E-state index contributed by atoms with van der Waals surface area (Å²) < 4.78 is 78.3. The number of hydrogen-bond acceptors (Lipinski definition) is 4. The van der Waals surface area contributed by atoms with E-state index in [1.54, 1.807) is 0 Å². The Hall–Kier alpha value is -1.63. The first-order chi connectivity index (χ1) is 13.3. The Kier molecular flexibility index (Phi) is 7.36. The van der Waals surface area contributed by atoms with Crippen molar-refractivity contribution >= 4 is 52.2 Å². The van der Waals surface area contributed by atoms with Crippen LogP contribution in [0.1, 0.15) is 18.4 Å². The molecule has 1 atom stereocenters. The minimum absolute atomic E-state index is 0.0705. The van der Waals surface area contributed by atoms with E-state index in [9.17, 15) is 30.8 Å². The van der Waals surface area contributed by atoms with Crippen LogP contribution in [0.5, 0.6) is 0 Å². The average Bonchev–Trinajstić information content (AvgIpc) is 3.03. The van der Waals surface area contributed by atoms with Gasteiger partial charge in [-0.2, -0.15) is 17.5 Å². The van der Waals surface area contributed by atoms with Crippen LogP contribution in [0, 0.1) is 5.82 Å². The summed E-state index contributed by atoms with van der Waals surface area (Å²) >= 11 is 6.42. The van der Waals surface area contributed by atoms with Gasteiger partial charge in [0.15, 0.2) is 0 Å².